The van der Waals surface area contributed by atoms with Crippen LogP contribution in [0, 0.1) is 5.92 Å². The summed E-state index contributed by atoms with van der Waals surface area (Å²) in [5.41, 5.74) is 1.07. The van der Waals surface area contributed by atoms with E-state index in [1.165, 1.54) is 12.8 Å². The standard InChI is InChI=1S/C13H17BrO2/c1-9(15)6-11-7-12(14)4-5-13(11)16-8-10-2-3-10/h4-5,7,9-10,15H,2-3,6,8H2,1H3. The topological polar surface area (TPSA) is 29.5 Å². The Hall–Kier alpha value is -0.540. The first kappa shape index (κ1) is 11.9. The zero-order chi connectivity index (χ0) is 11.5. The average Bonchev–Trinajstić information content (AvgIpc) is 2.99. The first-order valence-electron chi connectivity index (χ1n) is 5.74. The van der Waals surface area contributed by atoms with Crippen molar-refractivity contribution < 1.29 is 9.84 Å². The average molecular weight is 285 g/mol. The first-order valence-corrected chi connectivity index (χ1v) is 6.53. The molecule has 0 heterocycles. The SMILES string of the molecule is CC(O)Cc1cc(Br)ccc1OCC1CC1. The highest BCUT2D eigenvalue weighted by Crippen LogP contribution is 2.31. The second-order valence-electron chi connectivity index (χ2n) is 4.56. The fourth-order valence-electron chi connectivity index (χ4n) is 1.66. The molecule has 1 aromatic carbocycles. The molecule has 0 saturated heterocycles. The highest BCUT2D eigenvalue weighted by molar-refractivity contribution is 9.10. The maximum Gasteiger partial charge on any atom is 0.122 e. The summed E-state index contributed by atoms with van der Waals surface area (Å²) in [6, 6.07) is 5.98. The Balaban J connectivity index is 2.06. The van der Waals surface area contributed by atoms with Crippen molar-refractivity contribution in [3.63, 3.8) is 0 Å². The van der Waals surface area contributed by atoms with E-state index in [4.69, 9.17) is 4.74 Å². The van der Waals surface area contributed by atoms with Gasteiger partial charge in [0.2, 0.25) is 0 Å². The predicted octanol–water partition coefficient (Wildman–Crippen LogP) is 3.16. The van der Waals surface area contributed by atoms with Gasteiger partial charge in [0, 0.05) is 10.9 Å². The molecular weight excluding hydrogens is 268 g/mol. The molecule has 2 rings (SSSR count). The van der Waals surface area contributed by atoms with Gasteiger partial charge in [-0.3, -0.25) is 0 Å². The Morgan fingerprint density at radius 2 is 2.25 bits per heavy atom. The summed E-state index contributed by atoms with van der Waals surface area (Å²) in [6.07, 6.45) is 2.89. The van der Waals surface area contributed by atoms with Crippen molar-refractivity contribution in [3.8, 4) is 5.75 Å². The van der Waals surface area contributed by atoms with Crippen LogP contribution in [0.4, 0.5) is 0 Å². The van der Waals surface area contributed by atoms with Crippen molar-refractivity contribution >= 4 is 15.9 Å². The Morgan fingerprint density at radius 3 is 2.88 bits per heavy atom. The third-order valence-corrected chi connectivity index (χ3v) is 3.20. The lowest BCUT2D eigenvalue weighted by Crippen LogP contribution is -2.08. The molecule has 1 aromatic rings. The van der Waals surface area contributed by atoms with Crippen molar-refractivity contribution in [1.29, 1.82) is 0 Å². The summed E-state index contributed by atoms with van der Waals surface area (Å²) in [5, 5.41) is 9.44. The van der Waals surface area contributed by atoms with Gasteiger partial charge in [0.25, 0.3) is 0 Å². The summed E-state index contributed by atoms with van der Waals surface area (Å²) in [7, 11) is 0. The zero-order valence-corrected chi connectivity index (χ0v) is 11.0. The lowest BCUT2D eigenvalue weighted by Gasteiger charge is -2.13. The van der Waals surface area contributed by atoms with Gasteiger partial charge in [0.05, 0.1) is 12.7 Å². The van der Waals surface area contributed by atoms with Gasteiger partial charge in [-0.1, -0.05) is 15.9 Å². The van der Waals surface area contributed by atoms with Crippen LogP contribution in [0.3, 0.4) is 0 Å². The van der Waals surface area contributed by atoms with Gasteiger partial charge in [-0.05, 0) is 49.4 Å². The molecule has 0 spiro atoms. The lowest BCUT2D eigenvalue weighted by atomic mass is 10.1. The summed E-state index contributed by atoms with van der Waals surface area (Å²) < 4.78 is 6.81. The number of ether oxygens (including phenoxy) is 1. The summed E-state index contributed by atoms with van der Waals surface area (Å²) in [6.45, 7) is 2.61. The lowest BCUT2D eigenvalue weighted by molar-refractivity contribution is 0.193. The van der Waals surface area contributed by atoms with Crippen LogP contribution in [0.5, 0.6) is 5.75 Å². The van der Waals surface area contributed by atoms with Gasteiger partial charge in [-0.25, -0.2) is 0 Å². The van der Waals surface area contributed by atoms with Crippen molar-refractivity contribution in [2.75, 3.05) is 6.61 Å². The van der Waals surface area contributed by atoms with Crippen LogP contribution < -0.4 is 4.74 Å². The maximum absolute atomic E-state index is 9.44. The highest BCUT2D eigenvalue weighted by Gasteiger charge is 2.22. The van der Waals surface area contributed by atoms with Crippen LogP contribution in [0.1, 0.15) is 25.3 Å². The molecule has 0 aliphatic heterocycles. The normalized spacial score (nSPS) is 17.2. The molecule has 16 heavy (non-hydrogen) atoms. The van der Waals surface area contributed by atoms with Crippen molar-refractivity contribution in [3.05, 3.63) is 28.2 Å². The number of hydrogen-bond acceptors (Lipinski definition) is 2. The van der Waals surface area contributed by atoms with E-state index in [1.807, 2.05) is 18.2 Å². The number of aliphatic hydroxyl groups is 1. The van der Waals surface area contributed by atoms with E-state index in [9.17, 15) is 5.11 Å². The van der Waals surface area contributed by atoms with Gasteiger partial charge in [0.1, 0.15) is 5.75 Å². The predicted molar refractivity (Wildman–Crippen MR) is 67.7 cm³/mol. The Bertz CT molecular complexity index is 359. The van der Waals surface area contributed by atoms with E-state index in [0.29, 0.717) is 6.42 Å². The summed E-state index contributed by atoms with van der Waals surface area (Å²) in [5.74, 6) is 1.67. The zero-order valence-electron chi connectivity index (χ0n) is 9.45. The third kappa shape index (κ3) is 3.49. The molecular formula is C13H17BrO2. The minimum Gasteiger partial charge on any atom is -0.493 e. The third-order valence-electron chi connectivity index (χ3n) is 2.71. The Kier molecular flexibility index (Phi) is 3.87. The first-order chi connectivity index (χ1) is 7.65. The second-order valence-corrected chi connectivity index (χ2v) is 5.48. The molecule has 1 unspecified atom stereocenters. The fraction of sp³-hybridized carbons (Fsp3) is 0.538. The Morgan fingerprint density at radius 1 is 1.50 bits per heavy atom. The minimum atomic E-state index is -0.336. The molecule has 1 atom stereocenters. The van der Waals surface area contributed by atoms with Crippen molar-refractivity contribution in [1.82, 2.24) is 0 Å². The number of benzene rings is 1. The van der Waals surface area contributed by atoms with Gasteiger partial charge in [0.15, 0.2) is 0 Å². The minimum absolute atomic E-state index is 0.336. The molecule has 0 radical (unpaired) electrons. The molecule has 1 aliphatic carbocycles. The van der Waals surface area contributed by atoms with Gasteiger partial charge >= 0.3 is 0 Å². The van der Waals surface area contributed by atoms with Crippen LogP contribution in [-0.4, -0.2) is 17.8 Å². The van der Waals surface area contributed by atoms with Crippen LogP contribution in [0.2, 0.25) is 0 Å². The van der Waals surface area contributed by atoms with Gasteiger partial charge in [-0.15, -0.1) is 0 Å². The fourth-order valence-corrected chi connectivity index (χ4v) is 2.07. The monoisotopic (exact) mass is 284 g/mol. The second kappa shape index (κ2) is 5.19. The van der Waals surface area contributed by atoms with Crippen LogP contribution >= 0.6 is 15.9 Å². The van der Waals surface area contributed by atoms with Crippen LogP contribution in [0.25, 0.3) is 0 Å². The van der Waals surface area contributed by atoms with E-state index in [0.717, 1.165) is 28.3 Å². The van der Waals surface area contributed by atoms with Gasteiger partial charge < -0.3 is 9.84 Å². The molecule has 1 N–H and O–H groups in total. The number of rotatable bonds is 5. The molecule has 1 aliphatic rings. The van der Waals surface area contributed by atoms with E-state index < -0.39 is 0 Å². The Labute approximate surface area is 105 Å². The number of aliphatic hydroxyl groups excluding tert-OH is 1. The quantitative estimate of drug-likeness (QED) is 0.900. The molecule has 0 bridgehead atoms. The molecule has 1 saturated carbocycles. The van der Waals surface area contributed by atoms with E-state index in [1.54, 1.807) is 6.92 Å². The van der Waals surface area contributed by atoms with Crippen molar-refractivity contribution in [2.24, 2.45) is 5.92 Å². The molecule has 0 aromatic heterocycles. The number of halogens is 1. The molecule has 2 nitrogen and oxygen atoms in total. The van der Waals surface area contributed by atoms with E-state index >= 15 is 0 Å². The molecule has 1 fully saturated rings. The van der Waals surface area contributed by atoms with Crippen LogP contribution in [-0.2, 0) is 6.42 Å². The van der Waals surface area contributed by atoms with Crippen LogP contribution in [0.15, 0.2) is 22.7 Å². The smallest absolute Gasteiger partial charge is 0.122 e. The van der Waals surface area contributed by atoms with Gasteiger partial charge in [-0.2, -0.15) is 0 Å². The summed E-state index contributed by atoms with van der Waals surface area (Å²) in [4.78, 5) is 0. The molecule has 0 amide bonds. The molecule has 88 valence electrons. The summed E-state index contributed by atoms with van der Waals surface area (Å²) >= 11 is 3.44. The molecule has 3 heteroatoms. The maximum atomic E-state index is 9.44. The van der Waals surface area contributed by atoms with Crippen molar-refractivity contribution in [2.45, 2.75) is 32.3 Å². The largest absolute Gasteiger partial charge is 0.493 e. The number of hydrogen-bond donors (Lipinski definition) is 1. The van der Waals surface area contributed by atoms with E-state index in [2.05, 4.69) is 15.9 Å². The highest BCUT2D eigenvalue weighted by atomic mass is 79.9. The van der Waals surface area contributed by atoms with E-state index in [-0.39, 0.29) is 6.10 Å².